The van der Waals surface area contributed by atoms with E-state index in [-0.39, 0.29) is 45.6 Å². The van der Waals surface area contributed by atoms with Crippen LogP contribution in [0.1, 0.15) is 48.6 Å². The molecular formula is C24H19ClF2N8O3. The molecule has 3 aromatic rings. The van der Waals surface area contributed by atoms with Gasteiger partial charge in [-0.2, -0.15) is 5.53 Å². The third-order valence-electron chi connectivity index (χ3n) is 6.63. The van der Waals surface area contributed by atoms with E-state index in [0.717, 1.165) is 0 Å². The number of H-pyrrole nitrogens is 1. The van der Waals surface area contributed by atoms with Gasteiger partial charge < -0.3 is 15.0 Å². The van der Waals surface area contributed by atoms with Gasteiger partial charge in [0.05, 0.1) is 28.6 Å². The van der Waals surface area contributed by atoms with Gasteiger partial charge >= 0.3 is 5.97 Å². The molecule has 11 nitrogen and oxygen atoms in total. The molecule has 38 heavy (non-hydrogen) atoms. The molecule has 0 bridgehead atoms. The highest BCUT2D eigenvalue weighted by molar-refractivity contribution is 6.31. The van der Waals surface area contributed by atoms with E-state index < -0.39 is 41.6 Å². The lowest BCUT2D eigenvalue weighted by molar-refractivity contribution is -0.129. The zero-order valence-electron chi connectivity index (χ0n) is 20.4. The minimum absolute atomic E-state index is 0.0314. The first-order valence-electron chi connectivity index (χ1n) is 11.8. The van der Waals surface area contributed by atoms with Crippen LogP contribution in [-0.2, 0) is 4.79 Å². The molecule has 1 amide bonds. The Morgan fingerprint density at radius 3 is 2.82 bits per heavy atom. The van der Waals surface area contributed by atoms with Crippen molar-refractivity contribution in [2.24, 2.45) is 5.22 Å². The number of fused-ring (bicyclic) bond motifs is 1. The standard InChI is InChI=1S/C24H19ClF2N8O3/c25-14-2-4-16(34(10-28)33-29)19(21(14)27)11-7-12-1-3-17(35(12)18(36)8-11)23-31-9-15(32-23)13-5-6-30-22(20(13)26)24(37)38/h2,4-6,8-10,12,17,28-29H,1,3,7H2,(H,31,32)(H,37,38)/t12-,17+/m1/s1/i10D. The molecule has 0 spiro atoms. The molecule has 194 valence electrons. The Hall–Kier alpha value is -4.52. The number of carboxylic acid groups (broad SMARTS) is 1. The van der Waals surface area contributed by atoms with Gasteiger partial charge in [-0.1, -0.05) is 16.8 Å². The predicted octanol–water partition coefficient (Wildman–Crippen LogP) is 4.98. The van der Waals surface area contributed by atoms with Crippen LogP contribution < -0.4 is 5.01 Å². The second kappa shape index (κ2) is 9.74. The zero-order valence-corrected chi connectivity index (χ0v) is 20.1. The van der Waals surface area contributed by atoms with E-state index in [9.17, 15) is 14.0 Å². The highest BCUT2D eigenvalue weighted by atomic mass is 35.5. The molecular weight excluding hydrogens is 522 g/mol. The summed E-state index contributed by atoms with van der Waals surface area (Å²) in [5.74, 6) is -3.44. The van der Waals surface area contributed by atoms with E-state index in [0.29, 0.717) is 23.7 Å². The first-order valence-corrected chi connectivity index (χ1v) is 11.7. The van der Waals surface area contributed by atoms with Gasteiger partial charge in [0.1, 0.15) is 13.5 Å². The lowest BCUT2D eigenvalue weighted by atomic mass is 9.92. The van der Waals surface area contributed by atoms with Crippen molar-refractivity contribution in [3.05, 3.63) is 70.4 Å². The number of benzene rings is 1. The summed E-state index contributed by atoms with van der Waals surface area (Å²) in [6.07, 6.45) is 4.16. The van der Waals surface area contributed by atoms with E-state index in [4.69, 9.17) is 29.0 Å². The van der Waals surface area contributed by atoms with Gasteiger partial charge in [0, 0.05) is 29.4 Å². The van der Waals surface area contributed by atoms with Crippen molar-refractivity contribution in [3.63, 3.8) is 0 Å². The molecule has 2 aliphatic heterocycles. The molecule has 1 aromatic carbocycles. The summed E-state index contributed by atoms with van der Waals surface area (Å²) in [5.41, 5.74) is 6.90. The van der Waals surface area contributed by atoms with E-state index in [2.05, 4.69) is 20.2 Å². The lowest BCUT2D eigenvalue weighted by Gasteiger charge is -2.33. The Balaban J connectivity index is 1.48. The molecule has 2 aromatic heterocycles. The summed E-state index contributed by atoms with van der Waals surface area (Å²) < 4.78 is 37.5. The van der Waals surface area contributed by atoms with Crippen LogP contribution in [-0.4, -0.2) is 49.2 Å². The van der Waals surface area contributed by atoms with Gasteiger partial charge in [-0.15, -0.1) is 0 Å². The fourth-order valence-electron chi connectivity index (χ4n) is 5.00. The number of nitrogens with one attached hydrogen (secondary N) is 3. The van der Waals surface area contributed by atoms with Crippen molar-refractivity contribution in [2.75, 3.05) is 5.01 Å². The molecule has 4 N–H and O–H groups in total. The summed E-state index contributed by atoms with van der Waals surface area (Å²) in [5, 5.41) is 20.2. The van der Waals surface area contributed by atoms with Crippen molar-refractivity contribution in [3.8, 4) is 11.3 Å². The topological polar surface area (TPSA) is 162 Å². The Morgan fingerprint density at radius 1 is 1.32 bits per heavy atom. The number of aromatic amines is 1. The number of aromatic carboxylic acids is 1. The number of carbonyl (C=O) groups excluding carboxylic acids is 1. The number of rotatable bonds is 6. The molecule has 0 aliphatic carbocycles. The number of carbonyl (C=O) groups is 2. The van der Waals surface area contributed by atoms with Crippen LogP contribution in [0.25, 0.3) is 16.8 Å². The molecule has 0 saturated carbocycles. The molecule has 2 atom stereocenters. The van der Waals surface area contributed by atoms with Crippen molar-refractivity contribution in [1.82, 2.24) is 19.9 Å². The van der Waals surface area contributed by atoms with Gasteiger partial charge in [0.25, 0.3) is 0 Å². The largest absolute Gasteiger partial charge is 0.476 e. The average Bonchev–Trinajstić information content (AvgIpc) is 3.54. The SMILES string of the molecule is [2H]C(=N)N(N=N)c1ccc(Cl)c(F)c1C1=CC(=O)N2[C@H](CC[C@H]2c2ncc(-c3ccnc(C(=O)O)c3F)[nH]2)C1. The van der Waals surface area contributed by atoms with Gasteiger partial charge in [0.15, 0.2) is 17.3 Å². The van der Waals surface area contributed by atoms with Crippen LogP contribution in [0.2, 0.25) is 5.02 Å². The minimum atomic E-state index is -1.51. The fourth-order valence-corrected chi connectivity index (χ4v) is 5.16. The molecule has 1 saturated heterocycles. The smallest absolute Gasteiger partial charge is 0.357 e. The fraction of sp³-hybridized carbons (Fsp3) is 0.208. The Labute approximate surface area is 220 Å². The van der Waals surface area contributed by atoms with Gasteiger partial charge in [-0.3, -0.25) is 10.2 Å². The summed E-state index contributed by atoms with van der Waals surface area (Å²) in [7, 11) is 0. The molecule has 5 rings (SSSR count). The van der Waals surface area contributed by atoms with Crippen molar-refractivity contribution >= 4 is 41.1 Å². The van der Waals surface area contributed by atoms with Crippen molar-refractivity contribution in [1.29, 1.82) is 10.9 Å². The summed E-state index contributed by atoms with van der Waals surface area (Å²) in [6.45, 7) is 0. The summed E-state index contributed by atoms with van der Waals surface area (Å²) in [6, 6.07) is 3.02. The van der Waals surface area contributed by atoms with Crippen LogP contribution >= 0.6 is 11.6 Å². The van der Waals surface area contributed by atoms with E-state index in [1.54, 1.807) is 4.90 Å². The molecule has 14 heteroatoms. The quantitative estimate of drug-likeness (QED) is 0.149. The third kappa shape index (κ3) is 4.10. The normalized spacial score (nSPS) is 19.0. The van der Waals surface area contributed by atoms with Crippen LogP contribution in [0.4, 0.5) is 14.5 Å². The number of hydrogen-bond donors (Lipinski definition) is 4. The van der Waals surface area contributed by atoms with E-state index in [1.165, 1.54) is 36.7 Å². The number of anilines is 1. The molecule has 0 radical (unpaired) electrons. The van der Waals surface area contributed by atoms with Crippen molar-refractivity contribution in [2.45, 2.75) is 31.3 Å². The monoisotopic (exact) mass is 541 g/mol. The Bertz CT molecular complexity index is 1580. The van der Waals surface area contributed by atoms with Gasteiger partial charge in [-0.05, 0) is 43.0 Å². The Morgan fingerprint density at radius 2 is 2.11 bits per heavy atom. The number of halogens is 3. The maximum absolute atomic E-state index is 15.2. The Kier molecular flexibility index (Phi) is 6.12. The second-order valence-corrected chi connectivity index (χ2v) is 9.06. The van der Waals surface area contributed by atoms with Crippen LogP contribution in [0.5, 0.6) is 0 Å². The van der Waals surface area contributed by atoms with Crippen LogP contribution in [0, 0.1) is 22.6 Å². The van der Waals surface area contributed by atoms with Crippen LogP contribution in [0.3, 0.4) is 0 Å². The number of pyridine rings is 1. The first-order chi connectivity index (χ1) is 18.6. The maximum atomic E-state index is 15.2. The summed E-state index contributed by atoms with van der Waals surface area (Å²) in [4.78, 5) is 37.0. The average molecular weight is 542 g/mol. The van der Waals surface area contributed by atoms with Crippen LogP contribution in [0.15, 0.2) is 41.9 Å². The second-order valence-electron chi connectivity index (χ2n) is 8.65. The first kappa shape index (κ1) is 23.9. The maximum Gasteiger partial charge on any atom is 0.357 e. The third-order valence-corrected chi connectivity index (χ3v) is 6.92. The number of amidine groups is 1. The number of carboxylic acids is 1. The predicted molar refractivity (Wildman–Crippen MR) is 132 cm³/mol. The lowest BCUT2D eigenvalue weighted by Crippen LogP contribution is -2.39. The zero-order chi connectivity index (χ0) is 28.0. The molecule has 0 unspecified atom stereocenters. The number of imidazole rings is 1. The van der Waals surface area contributed by atoms with Crippen molar-refractivity contribution < 1.29 is 24.8 Å². The number of amides is 1. The molecule has 2 aliphatic rings. The summed E-state index contributed by atoms with van der Waals surface area (Å²) >= 11 is 6.00. The highest BCUT2D eigenvalue weighted by Gasteiger charge is 2.42. The number of hydrogen-bond acceptors (Lipinski definition) is 7. The number of nitrogens with zero attached hydrogens (tertiary/aromatic N) is 5. The molecule has 4 heterocycles. The number of aromatic nitrogens is 3. The highest BCUT2D eigenvalue weighted by Crippen LogP contribution is 2.45. The van der Waals surface area contributed by atoms with E-state index >= 15 is 4.39 Å². The van der Waals surface area contributed by atoms with E-state index in [1.807, 2.05) is 0 Å². The van der Waals surface area contributed by atoms with Gasteiger partial charge in [0.2, 0.25) is 5.91 Å². The minimum Gasteiger partial charge on any atom is -0.476 e. The molecule has 1 fully saturated rings. The van der Waals surface area contributed by atoms with Gasteiger partial charge in [-0.25, -0.2) is 28.6 Å².